The smallest absolute Gasteiger partial charge is 0.125 e. The fourth-order valence-corrected chi connectivity index (χ4v) is 3.42. The Balaban J connectivity index is 2.06. The van der Waals surface area contributed by atoms with E-state index in [1.807, 2.05) is 29.6 Å². The zero-order chi connectivity index (χ0) is 14.4. The minimum atomic E-state index is 0.555. The Bertz CT molecular complexity index is 559. The Labute approximate surface area is 137 Å². The second-order valence-corrected chi connectivity index (χ2v) is 6.64. The van der Waals surface area contributed by atoms with Crippen LogP contribution in [0.2, 0.25) is 5.02 Å². The van der Waals surface area contributed by atoms with Gasteiger partial charge in [-0.3, -0.25) is 0 Å². The molecular weight excluding hydrogens is 358 g/mol. The topological polar surface area (TPSA) is 21.3 Å². The van der Waals surface area contributed by atoms with Gasteiger partial charge < -0.3 is 10.1 Å². The van der Waals surface area contributed by atoms with Gasteiger partial charge in [0.25, 0.3) is 0 Å². The molecule has 0 radical (unpaired) electrons. The molecule has 1 aromatic heterocycles. The molecule has 5 heteroatoms. The molecule has 108 valence electrons. The Morgan fingerprint density at radius 2 is 2.20 bits per heavy atom. The van der Waals surface area contributed by atoms with Gasteiger partial charge in [0.15, 0.2) is 0 Å². The maximum absolute atomic E-state index is 6.27. The fourth-order valence-electron chi connectivity index (χ4n) is 1.81. The predicted molar refractivity (Wildman–Crippen MR) is 89.8 cm³/mol. The summed E-state index contributed by atoms with van der Waals surface area (Å²) in [5.41, 5.74) is 1.02. The summed E-state index contributed by atoms with van der Waals surface area (Å²) in [6.45, 7) is 4.40. The van der Waals surface area contributed by atoms with Crippen LogP contribution >= 0.6 is 38.9 Å². The molecule has 20 heavy (non-hydrogen) atoms. The fraction of sp³-hybridized carbons (Fsp3) is 0.333. The van der Waals surface area contributed by atoms with E-state index in [0.717, 1.165) is 40.3 Å². The van der Waals surface area contributed by atoms with Gasteiger partial charge in [0.1, 0.15) is 12.4 Å². The molecule has 2 aromatic rings. The van der Waals surface area contributed by atoms with Crippen molar-refractivity contribution < 1.29 is 4.74 Å². The molecule has 0 aliphatic rings. The van der Waals surface area contributed by atoms with Gasteiger partial charge in [-0.05, 0) is 52.5 Å². The molecule has 0 saturated heterocycles. The number of hydrogen-bond donors (Lipinski definition) is 1. The monoisotopic (exact) mass is 373 g/mol. The highest BCUT2D eigenvalue weighted by molar-refractivity contribution is 9.10. The summed E-state index contributed by atoms with van der Waals surface area (Å²) in [7, 11) is 0. The molecule has 2 rings (SSSR count). The molecule has 0 saturated carbocycles. The number of thiophene rings is 1. The second-order valence-electron chi connectivity index (χ2n) is 4.37. The summed E-state index contributed by atoms with van der Waals surface area (Å²) in [6, 6.07) is 7.82. The van der Waals surface area contributed by atoms with E-state index in [1.54, 1.807) is 11.3 Å². The number of nitrogens with one attached hydrogen (secondary N) is 1. The lowest BCUT2D eigenvalue weighted by Gasteiger charge is -2.13. The molecular formula is C15H17BrClNOS. The third-order valence-corrected chi connectivity index (χ3v) is 5.11. The molecule has 1 heterocycles. The lowest BCUT2D eigenvalue weighted by molar-refractivity contribution is 0.305. The summed E-state index contributed by atoms with van der Waals surface area (Å²) < 4.78 is 7.02. The van der Waals surface area contributed by atoms with Crippen LogP contribution in [0, 0.1) is 0 Å². The van der Waals surface area contributed by atoms with Crippen molar-refractivity contribution in [3.63, 3.8) is 0 Å². The third-order valence-electron chi connectivity index (χ3n) is 2.85. The largest absolute Gasteiger partial charge is 0.488 e. The summed E-state index contributed by atoms with van der Waals surface area (Å²) in [5, 5.41) is 6.16. The Kier molecular flexibility index (Phi) is 6.36. The van der Waals surface area contributed by atoms with E-state index in [1.165, 1.54) is 4.88 Å². The van der Waals surface area contributed by atoms with Crippen molar-refractivity contribution in [2.45, 2.75) is 26.5 Å². The molecule has 0 spiro atoms. The van der Waals surface area contributed by atoms with Crippen molar-refractivity contribution in [3.8, 4) is 5.75 Å². The molecule has 1 aromatic carbocycles. The first-order valence-corrected chi connectivity index (χ1v) is 8.60. The lowest BCUT2D eigenvalue weighted by Crippen LogP contribution is -2.15. The Morgan fingerprint density at radius 3 is 2.90 bits per heavy atom. The van der Waals surface area contributed by atoms with E-state index in [2.05, 4.69) is 28.2 Å². The molecule has 0 aliphatic carbocycles. The maximum atomic E-state index is 6.27. The molecule has 0 atom stereocenters. The van der Waals surface area contributed by atoms with Crippen molar-refractivity contribution in [2.75, 3.05) is 6.54 Å². The highest BCUT2D eigenvalue weighted by Gasteiger charge is 2.09. The SMILES string of the molecule is CCCNCc1c(Cl)cccc1OCc1sccc1Br. The van der Waals surface area contributed by atoms with E-state index in [-0.39, 0.29) is 0 Å². The van der Waals surface area contributed by atoms with Gasteiger partial charge in [0.05, 0.1) is 4.88 Å². The molecule has 0 fully saturated rings. The zero-order valence-electron chi connectivity index (χ0n) is 11.3. The van der Waals surface area contributed by atoms with Crippen molar-refractivity contribution in [1.29, 1.82) is 0 Å². The van der Waals surface area contributed by atoms with E-state index < -0.39 is 0 Å². The highest BCUT2D eigenvalue weighted by atomic mass is 79.9. The van der Waals surface area contributed by atoms with Crippen LogP contribution in [0.3, 0.4) is 0 Å². The maximum Gasteiger partial charge on any atom is 0.125 e. The average molecular weight is 375 g/mol. The molecule has 2 nitrogen and oxygen atoms in total. The summed E-state index contributed by atoms with van der Waals surface area (Å²) in [6.07, 6.45) is 1.10. The van der Waals surface area contributed by atoms with Crippen molar-refractivity contribution >= 4 is 38.9 Å². The lowest BCUT2D eigenvalue weighted by atomic mass is 10.2. The summed E-state index contributed by atoms with van der Waals surface area (Å²) >= 11 is 11.5. The Morgan fingerprint density at radius 1 is 1.35 bits per heavy atom. The minimum Gasteiger partial charge on any atom is -0.488 e. The first kappa shape index (κ1) is 15.8. The third kappa shape index (κ3) is 4.22. The number of rotatable bonds is 7. The molecule has 0 unspecified atom stereocenters. The molecule has 0 aliphatic heterocycles. The van der Waals surface area contributed by atoms with Crippen molar-refractivity contribution in [3.05, 3.63) is 49.6 Å². The normalized spacial score (nSPS) is 10.8. The van der Waals surface area contributed by atoms with Crippen LogP contribution in [-0.4, -0.2) is 6.54 Å². The van der Waals surface area contributed by atoms with Crippen LogP contribution in [0.1, 0.15) is 23.8 Å². The van der Waals surface area contributed by atoms with Crippen LogP contribution in [0.4, 0.5) is 0 Å². The van der Waals surface area contributed by atoms with Gasteiger partial charge in [0.2, 0.25) is 0 Å². The Hall–Kier alpha value is -0.550. The van der Waals surface area contributed by atoms with Crippen LogP contribution in [0.5, 0.6) is 5.75 Å². The summed E-state index contributed by atoms with van der Waals surface area (Å²) in [5.74, 6) is 0.849. The predicted octanol–water partition coefficient (Wildman–Crippen LogP) is 5.24. The van der Waals surface area contributed by atoms with Gasteiger partial charge in [-0.2, -0.15) is 0 Å². The van der Waals surface area contributed by atoms with Gasteiger partial charge in [-0.1, -0.05) is 24.6 Å². The number of halogens is 2. The zero-order valence-corrected chi connectivity index (χ0v) is 14.4. The second kappa shape index (κ2) is 8.03. The molecule has 1 N–H and O–H groups in total. The summed E-state index contributed by atoms with van der Waals surface area (Å²) in [4.78, 5) is 1.18. The van der Waals surface area contributed by atoms with E-state index in [0.29, 0.717) is 6.61 Å². The van der Waals surface area contributed by atoms with Gasteiger partial charge in [-0.25, -0.2) is 0 Å². The van der Waals surface area contributed by atoms with Crippen LogP contribution < -0.4 is 10.1 Å². The first-order valence-electron chi connectivity index (χ1n) is 6.55. The van der Waals surface area contributed by atoms with Gasteiger partial charge >= 0.3 is 0 Å². The highest BCUT2D eigenvalue weighted by Crippen LogP contribution is 2.29. The average Bonchev–Trinajstić information content (AvgIpc) is 2.84. The van der Waals surface area contributed by atoms with Gasteiger partial charge in [0, 0.05) is 21.6 Å². The van der Waals surface area contributed by atoms with Crippen molar-refractivity contribution in [2.24, 2.45) is 0 Å². The van der Waals surface area contributed by atoms with E-state index in [4.69, 9.17) is 16.3 Å². The molecule has 0 bridgehead atoms. The standard InChI is InChI=1S/C15H17BrClNOS/c1-2-7-18-9-11-13(17)4-3-5-14(11)19-10-15-12(16)6-8-20-15/h3-6,8,18H,2,7,9-10H2,1H3. The van der Waals surface area contributed by atoms with Crippen LogP contribution in [-0.2, 0) is 13.2 Å². The number of ether oxygens (including phenoxy) is 1. The van der Waals surface area contributed by atoms with Crippen LogP contribution in [0.25, 0.3) is 0 Å². The van der Waals surface area contributed by atoms with Gasteiger partial charge in [-0.15, -0.1) is 11.3 Å². The van der Waals surface area contributed by atoms with Crippen LogP contribution in [0.15, 0.2) is 34.1 Å². The minimum absolute atomic E-state index is 0.555. The quantitative estimate of drug-likeness (QED) is 0.669. The van der Waals surface area contributed by atoms with E-state index in [9.17, 15) is 0 Å². The number of hydrogen-bond acceptors (Lipinski definition) is 3. The van der Waals surface area contributed by atoms with E-state index >= 15 is 0 Å². The first-order chi connectivity index (χ1) is 9.72. The van der Waals surface area contributed by atoms with Crippen molar-refractivity contribution in [1.82, 2.24) is 5.32 Å². The molecule has 0 amide bonds. The number of benzene rings is 1.